The van der Waals surface area contributed by atoms with Gasteiger partial charge in [-0.05, 0) is 73.3 Å². The molecule has 0 saturated carbocycles. The summed E-state index contributed by atoms with van der Waals surface area (Å²) in [4.78, 5) is 13.7. The minimum atomic E-state index is 0.697. The van der Waals surface area contributed by atoms with Gasteiger partial charge in [0.2, 0.25) is 0 Å². The number of carbonyl (C=O) groups is 1. The Labute approximate surface area is 219 Å². The minimum Gasteiger partial charge on any atom is -0.298 e. The molecule has 7 aromatic rings. The van der Waals surface area contributed by atoms with Gasteiger partial charge in [0.05, 0.1) is 0 Å². The van der Waals surface area contributed by atoms with E-state index in [0.717, 1.165) is 16.7 Å². The minimum absolute atomic E-state index is 0.697. The van der Waals surface area contributed by atoms with Crippen LogP contribution in [0.1, 0.15) is 10.4 Å². The lowest BCUT2D eigenvalue weighted by Crippen LogP contribution is -1.89. The molecule has 0 unspecified atom stereocenters. The van der Waals surface area contributed by atoms with Gasteiger partial charge in [0.25, 0.3) is 0 Å². The summed E-state index contributed by atoms with van der Waals surface area (Å²) in [6, 6.07) is 45.1. The van der Waals surface area contributed by atoms with E-state index in [1.54, 1.807) is 11.3 Å². The topological polar surface area (TPSA) is 17.1 Å². The van der Waals surface area contributed by atoms with Crippen LogP contribution in [0.15, 0.2) is 127 Å². The molecular weight excluding hydrogens is 468 g/mol. The Morgan fingerprint density at radius 2 is 1.08 bits per heavy atom. The highest BCUT2D eigenvalue weighted by molar-refractivity contribution is 7.19. The maximum atomic E-state index is 11.3. The van der Waals surface area contributed by atoms with Crippen molar-refractivity contribution < 1.29 is 4.79 Å². The molecule has 1 aromatic heterocycles. The molecule has 0 bridgehead atoms. The van der Waals surface area contributed by atoms with E-state index in [0.29, 0.717) is 5.56 Å². The van der Waals surface area contributed by atoms with E-state index in [4.69, 9.17) is 0 Å². The summed E-state index contributed by atoms with van der Waals surface area (Å²) < 4.78 is 0. The van der Waals surface area contributed by atoms with Gasteiger partial charge >= 0.3 is 0 Å². The zero-order valence-electron chi connectivity index (χ0n) is 20.0. The lowest BCUT2D eigenvalue weighted by Gasteiger charge is -2.17. The van der Waals surface area contributed by atoms with Crippen LogP contribution in [0.3, 0.4) is 0 Å². The summed E-state index contributed by atoms with van der Waals surface area (Å²) in [5.74, 6) is 0. The van der Waals surface area contributed by atoms with Crippen molar-refractivity contribution in [2.45, 2.75) is 0 Å². The predicted molar refractivity (Wildman–Crippen MR) is 159 cm³/mol. The van der Waals surface area contributed by atoms with Gasteiger partial charge in [0, 0.05) is 20.9 Å². The molecule has 0 saturated heterocycles. The highest BCUT2D eigenvalue weighted by atomic mass is 32.1. The average Bonchev–Trinajstić information content (AvgIpc) is 3.45. The van der Waals surface area contributed by atoms with Gasteiger partial charge in [-0.1, -0.05) is 103 Å². The van der Waals surface area contributed by atoms with E-state index >= 15 is 0 Å². The molecule has 0 spiro atoms. The molecule has 0 aliphatic carbocycles. The first kappa shape index (κ1) is 21.7. The van der Waals surface area contributed by atoms with E-state index in [-0.39, 0.29) is 0 Å². The standard InChI is InChI=1S/C35H22OS/c36-22-23-8-7-11-26(20-23)32-18-19-33(37-32)35-30-14-5-3-12-28(30)34(29-13-4-6-15-31(29)35)27-17-16-24-9-1-2-10-25(24)21-27/h1-22H. The van der Waals surface area contributed by atoms with Crippen molar-refractivity contribution in [3.8, 4) is 32.0 Å². The Bertz CT molecular complexity index is 1900. The molecule has 7 rings (SSSR count). The highest BCUT2D eigenvalue weighted by Crippen LogP contribution is 2.46. The summed E-state index contributed by atoms with van der Waals surface area (Å²) in [7, 11) is 0. The molecule has 0 aliphatic heterocycles. The van der Waals surface area contributed by atoms with Crippen LogP contribution in [0.2, 0.25) is 0 Å². The van der Waals surface area contributed by atoms with E-state index in [9.17, 15) is 4.79 Å². The van der Waals surface area contributed by atoms with Crippen LogP contribution in [0.4, 0.5) is 0 Å². The van der Waals surface area contributed by atoms with E-state index < -0.39 is 0 Å². The second-order valence-corrected chi connectivity index (χ2v) is 10.4. The molecule has 0 radical (unpaired) electrons. The van der Waals surface area contributed by atoms with Crippen LogP contribution in [0.5, 0.6) is 0 Å². The Hall–Kier alpha value is -4.53. The molecule has 1 nitrogen and oxygen atoms in total. The number of rotatable bonds is 4. The Morgan fingerprint density at radius 1 is 0.459 bits per heavy atom. The summed E-state index contributed by atoms with van der Waals surface area (Å²) >= 11 is 1.78. The number of hydrogen-bond donors (Lipinski definition) is 0. The molecule has 0 atom stereocenters. The third kappa shape index (κ3) is 3.66. The Morgan fingerprint density at radius 3 is 1.78 bits per heavy atom. The number of hydrogen-bond acceptors (Lipinski definition) is 2. The van der Waals surface area contributed by atoms with Crippen LogP contribution in [-0.4, -0.2) is 6.29 Å². The van der Waals surface area contributed by atoms with Crippen LogP contribution in [-0.2, 0) is 0 Å². The van der Waals surface area contributed by atoms with Crippen molar-refractivity contribution in [1.82, 2.24) is 0 Å². The average molecular weight is 491 g/mol. The lowest BCUT2D eigenvalue weighted by molar-refractivity contribution is 0.112. The van der Waals surface area contributed by atoms with Crippen LogP contribution in [0, 0.1) is 0 Å². The zero-order valence-corrected chi connectivity index (χ0v) is 20.8. The van der Waals surface area contributed by atoms with Crippen molar-refractivity contribution in [2.75, 3.05) is 0 Å². The molecule has 0 fully saturated rings. The zero-order chi connectivity index (χ0) is 24.8. The molecule has 0 amide bonds. The fraction of sp³-hybridized carbons (Fsp3) is 0. The van der Waals surface area contributed by atoms with Gasteiger partial charge < -0.3 is 0 Å². The summed E-state index contributed by atoms with van der Waals surface area (Å²) in [6.07, 6.45) is 0.907. The molecule has 1 heterocycles. The van der Waals surface area contributed by atoms with Crippen LogP contribution in [0.25, 0.3) is 64.3 Å². The second-order valence-electron chi connectivity index (χ2n) is 9.31. The number of aldehydes is 1. The SMILES string of the molecule is O=Cc1cccc(-c2ccc(-c3c4ccccc4c(-c4ccc5ccccc5c4)c4ccccc34)s2)c1. The van der Waals surface area contributed by atoms with Gasteiger partial charge in [-0.15, -0.1) is 11.3 Å². The molecule has 6 aromatic carbocycles. The van der Waals surface area contributed by atoms with Crippen LogP contribution >= 0.6 is 11.3 Å². The second kappa shape index (κ2) is 8.85. The van der Waals surface area contributed by atoms with Crippen molar-refractivity contribution in [2.24, 2.45) is 0 Å². The number of benzene rings is 6. The fourth-order valence-corrected chi connectivity index (χ4v) is 6.52. The quantitative estimate of drug-likeness (QED) is 0.177. The first-order chi connectivity index (χ1) is 18.3. The van der Waals surface area contributed by atoms with Crippen molar-refractivity contribution in [3.63, 3.8) is 0 Å². The number of fused-ring (bicyclic) bond motifs is 3. The maximum Gasteiger partial charge on any atom is 0.150 e. The Balaban J connectivity index is 1.51. The van der Waals surface area contributed by atoms with Crippen molar-refractivity contribution >= 4 is 49.9 Å². The predicted octanol–water partition coefficient (Wildman–Crippen LogP) is 10.0. The number of thiophene rings is 1. The molecule has 37 heavy (non-hydrogen) atoms. The van der Waals surface area contributed by atoms with E-state index in [2.05, 4.69) is 109 Å². The first-order valence-corrected chi connectivity index (χ1v) is 13.2. The monoisotopic (exact) mass is 490 g/mol. The van der Waals surface area contributed by atoms with Gasteiger partial charge in [0.1, 0.15) is 6.29 Å². The molecule has 0 N–H and O–H groups in total. The van der Waals surface area contributed by atoms with Crippen molar-refractivity contribution in [3.05, 3.63) is 133 Å². The van der Waals surface area contributed by atoms with Crippen molar-refractivity contribution in [1.29, 1.82) is 0 Å². The fourth-order valence-electron chi connectivity index (χ4n) is 5.44. The molecular formula is C35H22OS. The molecule has 0 aliphatic rings. The van der Waals surface area contributed by atoms with Gasteiger partial charge in [-0.2, -0.15) is 0 Å². The highest BCUT2D eigenvalue weighted by Gasteiger charge is 2.18. The summed E-state index contributed by atoms with van der Waals surface area (Å²) in [5.41, 5.74) is 5.54. The summed E-state index contributed by atoms with van der Waals surface area (Å²) in [6.45, 7) is 0. The molecule has 2 heteroatoms. The van der Waals surface area contributed by atoms with Gasteiger partial charge in [-0.25, -0.2) is 0 Å². The lowest BCUT2D eigenvalue weighted by atomic mass is 9.87. The Kier molecular flexibility index (Phi) is 5.20. The smallest absolute Gasteiger partial charge is 0.150 e. The van der Waals surface area contributed by atoms with Crippen LogP contribution < -0.4 is 0 Å². The van der Waals surface area contributed by atoms with E-state index in [1.165, 1.54) is 53.9 Å². The third-order valence-corrected chi connectivity index (χ3v) is 8.28. The largest absolute Gasteiger partial charge is 0.298 e. The van der Waals surface area contributed by atoms with Gasteiger partial charge in [-0.3, -0.25) is 4.79 Å². The van der Waals surface area contributed by atoms with Gasteiger partial charge in [0.15, 0.2) is 0 Å². The first-order valence-electron chi connectivity index (χ1n) is 12.4. The molecule has 174 valence electrons. The third-order valence-electron chi connectivity index (χ3n) is 7.13. The van der Waals surface area contributed by atoms with E-state index in [1.807, 2.05) is 18.2 Å². The number of carbonyl (C=O) groups excluding carboxylic acids is 1. The normalized spacial score (nSPS) is 11.4. The maximum absolute atomic E-state index is 11.3. The summed E-state index contributed by atoms with van der Waals surface area (Å²) in [5, 5.41) is 7.51.